The number of Topliss-reactive ketones (excluding diaryl/α,β-unsaturated/α-hetero) is 2. The zero-order chi connectivity index (χ0) is 24.4. The van der Waals surface area contributed by atoms with Crippen LogP contribution in [0.25, 0.3) is 10.9 Å². The topological polar surface area (TPSA) is 79.6 Å². The highest BCUT2D eigenvalue weighted by Gasteiger charge is 2.39. The molecule has 1 aliphatic rings. The van der Waals surface area contributed by atoms with E-state index in [1.54, 1.807) is 34.9 Å². The number of aryl methyl sites for hydroxylation is 1. The van der Waals surface area contributed by atoms with Crippen molar-refractivity contribution >= 4 is 40.0 Å². The number of halogens is 3. The Morgan fingerprint density at radius 3 is 2.65 bits per heavy atom. The van der Waals surface area contributed by atoms with Crippen LogP contribution < -0.4 is 0 Å². The summed E-state index contributed by atoms with van der Waals surface area (Å²) in [6, 6.07) is 10.6. The molecule has 9 heteroatoms. The van der Waals surface area contributed by atoms with Gasteiger partial charge in [-0.15, -0.1) is 0 Å². The van der Waals surface area contributed by atoms with Gasteiger partial charge in [0.2, 0.25) is 5.91 Å². The summed E-state index contributed by atoms with van der Waals surface area (Å²) in [5.41, 5.74) is 1.18. The van der Waals surface area contributed by atoms with Gasteiger partial charge in [-0.1, -0.05) is 41.9 Å². The summed E-state index contributed by atoms with van der Waals surface area (Å²) in [7, 11) is 0. The van der Waals surface area contributed by atoms with Crippen LogP contribution in [0.15, 0.2) is 48.7 Å². The number of aliphatic hydroxyl groups is 1. The van der Waals surface area contributed by atoms with Gasteiger partial charge in [-0.05, 0) is 24.1 Å². The summed E-state index contributed by atoms with van der Waals surface area (Å²) in [5.74, 6) is -1.88. The first-order valence-electron chi connectivity index (χ1n) is 10.9. The van der Waals surface area contributed by atoms with Crippen LogP contribution in [0.2, 0.25) is 5.02 Å². The third-order valence-corrected chi connectivity index (χ3v) is 6.44. The van der Waals surface area contributed by atoms with E-state index in [1.165, 1.54) is 23.2 Å². The zero-order valence-corrected chi connectivity index (χ0v) is 19.0. The number of alkyl halides is 1. The van der Waals surface area contributed by atoms with Crippen LogP contribution in [0.1, 0.15) is 28.8 Å². The molecule has 3 aromatic rings. The van der Waals surface area contributed by atoms with Crippen LogP contribution in [0, 0.1) is 5.82 Å². The molecular weight excluding hydrogens is 466 g/mol. The molecule has 1 saturated heterocycles. The first-order chi connectivity index (χ1) is 16.3. The predicted molar refractivity (Wildman–Crippen MR) is 123 cm³/mol. The molecule has 2 aromatic carbocycles. The van der Waals surface area contributed by atoms with Gasteiger partial charge in [0.25, 0.3) is 0 Å². The highest BCUT2D eigenvalue weighted by Crippen LogP contribution is 2.26. The molecule has 2 atom stereocenters. The fraction of sp³-hybridized carbons (Fsp3) is 0.320. The van der Waals surface area contributed by atoms with Crippen LogP contribution in [-0.4, -0.2) is 57.4 Å². The largest absolute Gasteiger partial charge is 0.388 e. The van der Waals surface area contributed by atoms with Crippen molar-refractivity contribution in [1.29, 1.82) is 0 Å². The number of aliphatic hydroxyl groups excluding tert-OH is 1. The van der Waals surface area contributed by atoms with E-state index in [0.29, 0.717) is 10.9 Å². The van der Waals surface area contributed by atoms with Crippen molar-refractivity contribution < 1.29 is 28.3 Å². The van der Waals surface area contributed by atoms with Gasteiger partial charge >= 0.3 is 0 Å². The maximum atomic E-state index is 14.3. The minimum atomic E-state index is -1.34. The predicted octanol–water partition coefficient (Wildman–Crippen LogP) is 3.75. The lowest BCUT2D eigenvalue weighted by Crippen LogP contribution is -2.42. The lowest BCUT2D eigenvalue weighted by atomic mass is 10.0. The van der Waals surface area contributed by atoms with Crippen molar-refractivity contribution in [1.82, 2.24) is 9.47 Å². The molecule has 0 aliphatic carbocycles. The average molecular weight is 489 g/mol. The van der Waals surface area contributed by atoms with Crippen molar-refractivity contribution in [3.8, 4) is 0 Å². The number of benzene rings is 2. The van der Waals surface area contributed by atoms with Crippen molar-refractivity contribution in [2.75, 3.05) is 13.2 Å². The van der Waals surface area contributed by atoms with E-state index in [0.717, 1.165) is 0 Å². The van der Waals surface area contributed by atoms with E-state index >= 15 is 0 Å². The second-order valence-corrected chi connectivity index (χ2v) is 8.75. The van der Waals surface area contributed by atoms with E-state index in [4.69, 9.17) is 11.6 Å². The van der Waals surface area contributed by atoms with Gasteiger partial charge in [0.15, 0.2) is 11.6 Å². The number of hydrogen-bond acceptors (Lipinski definition) is 4. The van der Waals surface area contributed by atoms with Crippen LogP contribution >= 0.6 is 11.6 Å². The molecule has 2 heterocycles. The van der Waals surface area contributed by atoms with E-state index in [1.807, 2.05) is 0 Å². The number of para-hydroxylation sites is 1. The third kappa shape index (κ3) is 4.74. The highest BCUT2D eigenvalue weighted by atomic mass is 35.5. The molecule has 1 aromatic heterocycles. The van der Waals surface area contributed by atoms with E-state index < -0.39 is 36.3 Å². The van der Waals surface area contributed by atoms with Gasteiger partial charge in [0.05, 0.1) is 17.6 Å². The van der Waals surface area contributed by atoms with E-state index in [-0.39, 0.29) is 54.3 Å². The number of hydrogen-bond donors (Lipinski definition) is 1. The van der Waals surface area contributed by atoms with Gasteiger partial charge in [0.1, 0.15) is 25.1 Å². The van der Waals surface area contributed by atoms with Crippen molar-refractivity contribution in [3.63, 3.8) is 0 Å². The summed E-state index contributed by atoms with van der Waals surface area (Å²) >= 11 is 5.79. The van der Waals surface area contributed by atoms with E-state index in [2.05, 4.69) is 0 Å². The first kappa shape index (κ1) is 24.0. The summed E-state index contributed by atoms with van der Waals surface area (Å²) in [6.45, 7) is -1.07. The van der Waals surface area contributed by atoms with Crippen LogP contribution in [0.5, 0.6) is 0 Å². The van der Waals surface area contributed by atoms with Crippen LogP contribution in [0.4, 0.5) is 8.78 Å². The minimum absolute atomic E-state index is 0.0376. The summed E-state index contributed by atoms with van der Waals surface area (Å²) < 4.78 is 30.0. The quantitative estimate of drug-likeness (QED) is 0.490. The molecule has 4 rings (SSSR count). The number of carbonyl (C=O) groups excluding carboxylic acids is 3. The first-order valence-corrected chi connectivity index (χ1v) is 11.3. The number of likely N-dealkylation sites (tertiary alicyclic amines) is 1. The maximum Gasteiger partial charge on any atom is 0.243 e. The monoisotopic (exact) mass is 488 g/mol. The summed E-state index contributed by atoms with van der Waals surface area (Å²) in [4.78, 5) is 39.3. The summed E-state index contributed by atoms with van der Waals surface area (Å²) in [5, 5.41) is 9.81. The molecular formula is C25H23ClF2N2O4. The standard InChI is InChI=1S/C25H23ClF2N2O4/c26-19-6-3-4-15(25(19)28)8-9-22(32)21-10-16(27)11-30(21)24(34)13-29-12-18(23(33)14-31)17-5-1-2-7-20(17)29/h1-7,12,16,21,31H,8-11,13-14H2/t16-,21+/m1/s1. The lowest BCUT2D eigenvalue weighted by molar-refractivity contribution is -0.138. The van der Waals surface area contributed by atoms with Crippen molar-refractivity contribution in [2.24, 2.45) is 0 Å². The Hall–Kier alpha value is -3.10. The molecule has 0 unspecified atom stereocenters. The Bertz CT molecular complexity index is 1260. The number of carbonyl (C=O) groups is 3. The van der Waals surface area contributed by atoms with Gasteiger partial charge in [-0.25, -0.2) is 8.78 Å². The molecule has 178 valence electrons. The second-order valence-electron chi connectivity index (χ2n) is 8.34. The summed E-state index contributed by atoms with van der Waals surface area (Å²) in [6.07, 6.45) is 0.0793. The SMILES string of the molecule is O=C(CO)c1cn(CC(=O)N2C[C@H](F)C[C@H]2C(=O)CCc2cccc(Cl)c2F)c2ccccc12. The number of aromatic nitrogens is 1. The maximum absolute atomic E-state index is 14.3. The number of ketones is 2. The normalized spacial score (nSPS) is 17.9. The van der Waals surface area contributed by atoms with Gasteiger partial charge in [-0.3, -0.25) is 14.4 Å². The zero-order valence-electron chi connectivity index (χ0n) is 18.2. The Kier molecular flexibility index (Phi) is 7.09. The molecule has 1 fully saturated rings. The Labute approximate surface area is 199 Å². The molecule has 0 radical (unpaired) electrons. The number of nitrogens with zero attached hydrogens (tertiary/aromatic N) is 2. The molecule has 0 saturated carbocycles. The van der Waals surface area contributed by atoms with Crippen molar-refractivity contribution in [2.45, 2.75) is 38.0 Å². The molecule has 1 amide bonds. The fourth-order valence-corrected chi connectivity index (χ4v) is 4.65. The van der Waals surface area contributed by atoms with Gasteiger partial charge in [-0.2, -0.15) is 0 Å². The Morgan fingerprint density at radius 1 is 1.12 bits per heavy atom. The molecule has 1 aliphatic heterocycles. The molecule has 0 bridgehead atoms. The average Bonchev–Trinajstić information content (AvgIpc) is 3.40. The number of fused-ring (bicyclic) bond motifs is 1. The third-order valence-electron chi connectivity index (χ3n) is 6.15. The molecule has 34 heavy (non-hydrogen) atoms. The minimum Gasteiger partial charge on any atom is -0.388 e. The smallest absolute Gasteiger partial charge is 0.243 e. The van der Waals surface area contributed by atoms with Crippen LogP contribution in [0.3, 0.4) is 0 Å². The number of rotatable bonds is 8. The van der Waals surface area contributed by atoms with E-state index in [9.17, 15) is 28.3 Å². The lowest BCUT2D eigenvalue weighted by Gasteiger charge is -2.24. The molecule has 1 N–H and O–H groups in total. The highest BCUT2D eigenvalue weighted by molar-refractivity contribution is 6.30. The molecule has 6 nitrogen and oxygen atoms in total. The fourth-order valence-electron chi connectivity index (χ4n) is 4.45. The Balaban J connectivity index is 1.51. The van der Waals surface area contributed by atoms with Crippen molar-refractivity contribution in [3.05, 3.63) is 70.6 Å². The van der Waals surface area contributed by atoms with Gasteiger partial charge < -0.3 is 14.6 Å². The molecule has 0 spiro atoms. The van der Waals surface area contributed by atoms with Crippen LogP contribution in [-0.2, 0) is 22.6 Å². The second kappa shape index (κ2) is 10.0. The van der Waals surface area contributed by atoms with Gasteiger partial charge in [0, 0.05) is 35.5 Å². The Morgan fingerprint density at radius 2 is 1.88 bits per heavy atom. The number of amides is 1.